The van der Waals surface area contributed by atoms with Crippen molar-refractivity contribution in [3.63, 3.8) is 0 Å². The van der Waals surface area contributed by atoms with Crippen LogP contribution in [0.2, 0.25) is 0 Å². The first kappa shape index (κ1) is 13.1. The molecule has 0 aromatic rings. The molecule has 100 valence electrons. The fraction of sp³-hybridized carbons (Fsp3) is 1.00. The predicted molar refractivity (Wildman–Crippen MR) is 60.8 cm³/mol. The molecule has 1 saturated carbocycles. The van der Waals surface area contributed by atoms with E-state index in [-0.39, 0.29) is 19.1 Å². The Morgan fingerprint density at radius 3 is 2.65 bits per heavy atom. The molecule has 0 aromatic carbocycles. The lowest BCUT2D eigenvalue weighted by Gasteiger charge is -2.30. The van der Waals surface area contributed by atoms with Gasteiger partial charge < -0.3 is 5.32 Å². The van der Waals surface area contributed by atoms with E-state index < -0.39 is 12.1 Å². The number of alkyl halides is 3. The molecule has 0 bridgehead atoms. The topological polar surface area (TPSA) is 15.3 Å². The van der Waals surface area contributed by atoms with Crippen LogP contribution in [0, 0.1) is 11.8 Å². The average Bonchev–Trinajstić information content (AvgIpc) is 2.99. The van der Waals surface area contributed by atoms with Crippen LogP contribution in [0.3, 0.4) is 0 Å². The first-order valence-electron chi connectivity index (χ1n) is 6.48. The number of rotatable bonds is 3. The van der Waals surface area contributed by atoms with Crippen molar-refractivity contribution < 1.29 is 13.2 Å². The smallest absolute Gasteiger partial charge is 0.315 e. The van der Waals surface area contributed by atoms with Gasteiger partial charge in [-0.05, 0) is 19.3 Å². The number of hydrogen-bond donors (Lipinski definition) is 1. The summed E-state index contributed by atoms with van der Waals surface area (Å²) in [5.41, 5.74) is 0. The van der Waals surface area contributed by atoms with E-state index in [0.717, 1.165) is 18.9 Å². The van der Waals surface area contributed by atoms with Crippen molar-refractivity contribution >= 4 is 0 Å². The van der Waals surface area contributed by atoms with Crippen LogP contribution in [0.15, 0.2) is 0 Å². The molecule has 0 spiro atoms. The lowest BCUT2D eigenvalue weighted by molar-refractivity contribution is -0.176. The molecule has 1 heterocycles. The molecule has 0 amide bonds. The zero-order valence-electron chi connectivity index (χ0n) is 10.3. The standard InChI is InChI=1S/C12H21F3N2/c1-9(6-10-2-3-10)17-5-4-16-7-11(8-17)12(13,14)15/h9-11,16H,2-8H2,1H3. The molecule has 2 aliphatic rings. The second-order valence-electron chi connectivity index (χ2n) is 5.47. The van der Waals surface area contributed by atoms with Gasteiger partial charge in [0.05, 0.1) is 5.92 Å². The van der Waals surface area contributed by atoms with E-state index in [1.165, 1.54) is 12.8 Å². The van der Waals surface area contributed by atoms with Gasteiger partial charge in [0, 0.05) is 32.2 Å². The van der Waals surface area contributed by atoms with Crippen molar-refractivity contribution in [1.29, 1.82) is 0 Å². The Morgan fingerprint density at radius 1 is 1.35 bits per heavy atom. The van der Waals surface area contributed by atoms with E-state index in [9.17, 15) is 13.2 Å². The van der Waals surface area contributed by atoms with Crippen LogP contribution in [-0.2, 0) is 0 Å². The van der Waals surface area contributed by atoms with Gasteiger partial charge >= 0.3 is 6.18 Å². The largest absolute Gasteiger partial charge is 0.394 e. The second-order valence-corrected chi connectivity index (χ2v) is 5.47. The fourth-order valence-corrected chi connectivity index (χ4v) is 2.54. The minimum Gasteiger partial charge on any atom is -0.315 e. The molecular weight excluding hydrogens is 229 g/mol. The first-order chi connectivity index (χ1) is 7.97. The summed E-state index contributed by atoms with van der Waals surface area (Å²) in [6.45, 7) is 3.69. The Morgan fingerprint density at radius 2 is 2.06 bits per heavy atom. The minimum atomic E-state index is -4.07. The van der Waals surface area contributed by atoms with Crippen LogP contribution in [0.5, 0.6) is 0 Å². The maximum atomic E-state index is 12.8. The molecule has 2 atom stereocenters. The molecule has 1 aliphatic heterocycles. The van der Waals surface area contributed by atoms with Crippen LogP contribution < -0.4 is 5.32 Å². The zero-order chi connectivity index (χ0) is 12.5. The third-order valence-electron chi connectivity index (χ3n) is 3.88. The van der Waals surface area contributed by atoms with Gasteiger partial charge in [0.1, 0.15) is 0 Å². The fourth-order valence-electron chi connectivity index (χ4n) is 2.54. The van der Waals surface area contributed by atoms with E-state index in [1.807, 2.05) is 4.90 Å². The van der Waals surface area contributed by atoms with E-state index in [4.69, 9.17) is 0 Å². The SMILES string of the molecule is CC(CC1CC1)N1CCNCC(C(F)(F)F)C1. The maximum absolute atomic E-state index is 12.8. The van der Waals surface area contributed by atoms with E-state index in [0.29, 0.717) is 6.54 Å². The van der Waals surface area contributed by atoms with Crippen molar-refractivity contribution in [1.82, 2.24) is 10.2 Å². The highest BCUT2D eigenvalue weighted by Gasteiger charge is 2.41. The third-order valence-corrected chi connectivity index (χ3v) is 3.88. The Labute approximate surface area is 101 Å². The van der Waals surface area contributed by atoms with Gasteiger partial charge in [0.15, 0.2) is 0 Å². The normalized spacial score (nSPS) is 30.0. The highest BCUT2D eigenvalue weighted by atomic mass is 19.4. The van der Waals surface area contributed by atoms with Crippen molar-refractivity contribution in [2.45, 2.75) is 38.4 Å². The molecule has 1 saturated heterocycles. The quantitative estimate of drug-likeness (QED) is 0.826. The van der Waals surface area contributed by atoms with E-state index in [1.54, 1.807) is 0 Å². The van der Waals surface area contributed by atoms with Gasteiger partial charge in [0.2, 0.25) is 0 Å². The average molecular weight is 250 g/mol. The summed E-state index contributed by atoms with van der Waals surface area (Å²) in [6, 6.07) is 0.284. The van der Waals surface area contributed by atoms with Crippen LogP contribution in [-0.4, -0.2) is 43.3 Å². The predicted octanol–water partition coefficient (Wildman–Crippen LogP) is 2.26. The number of nitrogens with zero attached hydrogens (tertiary/aromatic N) is 1. The summed E-state index contributed by atoms with van der Waals surface area (Å²) >= 11 is 0. The highest BCUT2D eigenvalue weighted by molar-refractivity contribution is 4.84. The first-order valence-corrected chi connectivity index (χ1v) is 6.48. The van der Waals surface area contributed by atoms with Crippen LogP contribution in [0.1, 0.15) is 26.2 Å². The highest BCUT2D eigenvalue weighted by Crippen LogP contribution is 2.35. The van der Waals surface area contributed by atoms with Crippen molar-refractivity contribution in [3.05, 3.63) is 0 Å². The minimum absolute atomic E-state index is 0.0656. The molecule has 1 aliphatic carbocycles. The van der Waals surface area contributed by atoms with E-state index in [2.05, 4.69) is 12.2 Å². The Hall–Kier alpha value is -0.290. The van der Waals surface area contributed by atoms with Gasteiger partial charge in [-0.3, -0.25) is 4.90 Å². The Kier molecular flexibility index (Phi) is 3.98. The van der Waals surface area contributed by atoms with Crippen molar-refractivity contribution in [2.75, 3.05) is 26.2 Å². The Bertz CT molecular complexity index is 251. The van der Waals surface area contributed by atoms with E-state index >= 15 is 0 Å². The van der Waals surface area contributed by atoms with Crippen LogP contribution in [0.4, 0.5) is 13.2 Å². The summed E-state index contributed by atoms with van der Waals surface area (Å²) in [5.74, 6) is -0.447. The summed E-state index contributed by atoms with van der Waals surface area (Å²) in [4.78, 5) is 2.01. The molecule has 5 heteroatoms. The molecule has 2 unspecified atom stereocenters. The molecule has 17 heavy (non-hydrogen) atoms. The molecular formula is C12H21F3N2. The van der Waals surface area contributed by atoms with Gasteiger partial charge in [-0.15, -0.1) is 0 Å². The summed E-state index contributed by atoms with van der Waals surface area (Å²) in [6.07, 6.45) is -0.488. The maximum Gasteiger partial charge on any atom is 0.394 e. The Balaban J connectivity index is 1.91. The lowest BCUT2D eigenvalue weighted by Crippen LogP contribution is -2.42. The monoisotopic (exact) mass is 250 g/mol. The number of nitrogens with one attached hydrogen (secondary N) is 1. The van der Waals surface area contributed by atoms with Crippen LogP contribution in [0.25, 0.3) is 0 Å². The number of halogens is 3. The summed E-state index contributed by atoms with van der Waals surface area (Å²) in [5, 5.41) is 2.90. The summed E-state index contributed by atoms with van der Waals surface area (Å²) < 4.78 is 38.3. The third kappa shape index (κ3) is 3.85. The zero-order valence-corrected chi connectivity index (χ0v) is 10.3. The molecule has 2 fully saturated rings. The molecule has 2 rings (SSSR count). The lowest BCUT2D eigenvalue weighted by atomic mass is 10.1. The van der Waals surface area contributed by atoms with Crippen molar-refractivity contribution in [3.8, 4) is 0 Å². The number of hydrogen-bond acceptors (Lipinski definition) is 2. The molecule has 0 radical (unpaired) electrons. The second kappa shape index (κ2) is 5.14. The van der Waals surface area contributed by atoms with Gasteiger partial charge in [-0.1, -0.05) is 12.8 Å². The molecule has 2 nitrogen and oxygen atoms in total. The molecule has 1 N–H and O–H groups in total. The molecule has 0 aromatic heterocycles. The van der Waals surface area contributed by atoms with Crippen LogP contribution >= 0.6 is 0 Å². The van der Waals surface area contributed by atoms with Gasteiger partial charge in [-0.2, -0.15) is 13.2 Å². The van der Waals surface area contributed by atoms with Gasteiger partial charge in [0.25, 0.3) is 0 Å². The van der Waals surface area contributed by atoms with Crippen molar-refractivity contribution in [2.24, 2.45) is 11.8 Å². The van der Waals surface area contributed by atoms with Gasteiger partial charge in [-0.25, -0.2) is 0 Å². The summed E-state index contributed by atoms with van der Waals surface area (Å²) in [7, 11) is 0.